The molecule has 0 N–H and O–H groups in total. The van der Waals surface area contributed by atoms with Crippen molar-refractivity contribution in [3.05, 3.63) is 59.7 Å². The Labute approximate surface area is 448 Å². The zero-order valence-corrected chi connectivity index (χ0v) is 51.8. The molecule has 2 saturated heterocycles. The van der Waals surface area contributed by atoms with E-state index in [-0.39, 0.29) is 50.6 Å². The zero-order valence-electron chi connectivity index (χ0n) is 48.1. The standard InChI is InChI=1S/2C26H47N3O6SSi/c2*1-10-37(11-2,12-3)34-19-25-24(17-21(6)29(25)26(30)35-20(4)5)28(36(31,32)27(7)8)18-22-13-15-23(33-9)16-14-22/h2*13-16,20-21,24-25H,10-12,17-19H2,1-9H3/t2*21-,24+,25+/m11/s1. The minimum atomic E-state index is -3.82. The van der Waals surface area contributed by atoms with Crippen LogP contribution in [0.2, 0.25) is 36.3 Å². The number of likely N-dealkylation sites (tertiary alicyclic amines) is 2. The summed E-state index contributed by atoms with van der Waals surface area (Å²) in [6, 6.07) is 18.3. The fourth-order valence-electron chi connectivity index (χ4n) is 10.0. The molecule has 2 aliphatic rings. The highest BCUT2D eigenvalue weighted by atomic mass is 32.2. The maximum Gasteiger partial charge on any atom is 0.410 e. The van der Waals surface area contributed by atoms with Crippen LogP contribution in [0, 0.1) is 0 Å². The van der Waals surface area contributed by atoms with E-state index in [1.54, 1.807) is 24.0 Å². The average molecular weight is 1120 g/mol. The number of carbonyl (C=O) groups excluding carboxylic acids is 2. The number of ether oxygens (including phenoxy) is 4. The fourth-order valence-corrected chi connectivity index (χ4v) is 17.9. The van der Waals surface area contributed by atoms with Crippen LogP contribution < -0.4 is 9.47 Å². The number of nitrogens with zero attached hydrogens (tertiary/aromatic N) is 6. The summed E-state index contributed by atoms with van der Waals surface area (Å²) in [4.78, 5) is 29.9. The van der Waals surface area contributed by atoms with Crippen LogP contribution in [0.25, 0.3) is 0 Å². The minimum Gasteiger partial charge on any atom is -0.497 e. The zero-order chi connectivity index (χ0) is 55.9. The summed E-state index contributed by atoms with van der Waals surface area (Å²) in [5.74, 6) is 1.41. The van der Waals surface area contributed by atoms with Gasteiger partial charge in [-0.2, -0.15) is 34.1 Å². The van der Waals surface area contributed by atoms with Gasteiger partial charge in [0.15, 0.2) is 16.6 Å². The summed E-state index contributed by atoms with van der Waals surface area (Å²) < 4.78 is 95.3. The maximum absolute atomic E-state index is 13.7. The van der Waals surface area contributed by atoms with Gasteiger partial charge in [-0.05, 0) is 126 Å². The fraction of sp³-hybridized carbons (Fsp3) is 0.731. The summed E-state index contributed by atoms with van der Waals surface area (Å²) in [7, 11) is -2.29. The number of hydrogen-bond acceptors (Lipinski definition) is 12. The highest BCUT2D eigenvalue weighted by Crippen LogP contribution is 2.37. The number of rotatable bonds is 26. The van der Waals surface area contributed by atoms with Crippen molar-refractivity contribution in [2.45, 2.75) is 194 Å². The Bertz CT molecular complexity index is 2080. The van der Waals surface area contributed by atoms with Crippen molar-refractivity contribution in [1.82, 2.24) is 27.0 Å². The van der Waals surface area contributed by atoms with E-state index in [1.165, 1.54) is 45.4 Å². The van der Waals surface area contributed by atoms with Crippen LogP contribution in [0.1, 0.15) is 107 Å². The molecule has 0 aliphatic carbocycles. The molecule has 4 rings (SSSR count). The normalized spacial score (nSPS) is 20.8. The second kappa shape index (κ2) is 28.9. The first-order valence-electron chi connectivity index (χ1n) is 26.6. The first kappa shape index (κ1) is 65.0. The third-order valence-electron chi connectivity index (χ3n) is 15.0. The van der Waals surface area contributed by atoms with E-state index in [4.69, 9.17) is 27.8 Å². The van der Waals surface area contributed by atoms with Gasteiger partial charge in [-0.25, -0.2) is 9.59 Å². The molecule has 22 heteroatoms. The van der Waals surface area contributed by atoms with Crippen molar-refractivity contribution in [3.63, 3.8) is 0 Å². The molecule has 2 aliphatic heterocycles. The number of methoxy groups -OCH3 is 2. The molecule has 6 atom stereocenters. The van der Waals surface area contributed by atoms with E-state index >= 15 is 0 Å². The average Bonchev–Trinajstić information content (AvgIpc) is 3.87. The van der Waals surface area contributed by atoms with Gasteiger partial charge in [0.25, 0.3) is 20.4 Å². The largest absolute Gasteiger partial charge is 0.497 e. The van der Waals surface area contributed by atoms with Crippen molar-refractivity contribution in [3.8, 4) is 11.5 Å². The molecule has 2 aromatic rings. The summed E-state index contributed by atoms with van der Waals surface area (Å²) in [5.41, 5.74) is 1.67. The van der Waals surface area contributed by atoms with Gasteiger partial charge in [-0.3, -0.25) is 9.80 Å². The predicted molar refractivity (Wildman–Crippen MR) is 299 cm³/mol. The molecule has 0 bridgehead atoms. The van der Waals surface area contributed by atoms with Crippen LogP contribution in [0.3, 0.4) is 0 Å². The van der Waals surface area contributed by atoms with Crippen LogP contribution in [0.4, 0.5) is 9.59 Å². The molecule has 18 nitrogen and oxygen atoms in total. The van der Waals surface area contributed by atoms with Crippen LogP contribution >= 0.6 is 0 Å². The molecule has 74 heavy (non-hydrogen) atoms. The van der Waals surface area contributed by atoms with Gasteiger partial charge < -0.3 is 27.8 Å². The SMILES string of the molecule is CC[Si](CC)(CC)OC[C@H]1[C@@H](N(Cc2ccc(OC)cc2)S(=O)(=O)N(C)C)C[C@@H](C)N1C(=O)OC(C)C.CC[Si](CC)(CC)OC[C@H]1[C@@H](N(Cc2ccc(OC)cc2)S(=O)(=O)N(C)C)C[C@@H](C)N1C(=O)OC(C)C. The van der Waals surface area contributed by atoms with Gasteiger partial charge in [-0.15, -0.1) is 0 Å². The van der Waals surface area contributed by atoms with E-state index in [2.05, 4.69) is 41.5 Å². The lowest BCUT2D eigenvalue weighted by molar-refractivity contribution is 0.0472. The number of hydrogen-bond donors (Lipinski definition) is 0. The quantitative estimate of drug-likeness (QED) is 0.0817. The van der Waals surface area contributed by atoms with Crippen molar-refractivity contribution in [2.24, 2.45) is 0 Å². The monoisotopic (exact) mass is 1110 g/mol. The van der Waals surface area contributed by atoms with E-state index in [0.717, 1.165) is 47.4 Å². The third kappa shape index (κ3) is 16.4. The Morgan fingerprint density at radius 2 is 0.838 bits per heavy atom. The lowest BCUT2D eigenvalue weighted by atomic mass is 10.1. The van der Waals surface area contributed by atoms with Crippen molar-refractivity contribution >= 4 is 49.2 Å². The Balaban J connectivity index is 0.000000390. The van der Waals surface area contributed by atoms with E-state index in [9.17, 15) is 26.4 Å². The molecule has 0 spiro atoms. The Hall–Kier alpha value is -3.33. The highest BCUT2D eigenvalue weighted by Gasteiger charge is 2.51. The first-order valence-corrected chi connectivity index (χ1v) is 34.5. The predicted octanol–water partition coefficient (Wildman–Crippen LogP) is 9.40. The molecule has 0 aromatic heterocycles. The molecule has 0 radical (unpaired) electrons. The second-order valence-corrected chi connectivity index (χ2v) is 34.3. The van der Waals surface area contributed by atoms with Gasteiger partial charge in [0.2, 0.25) is 0 Å². The van der Waals surface area contributed by atoms with Gasteiger partial charge in [-0.1, -0.05) is 65.8 Å². The molecular formula is C52H94N6O12S2Si2. The lowest BCUT2D eigenvalue weighted by Crippen LogP contribution is -2.55. The van der Waals surface area contributed by atoms with Crippen LogP contribution in [-0.4, -0.2) is 177 Å². The summed E-state index contributed by atoms with van der Waals surface area (Å²) in [6.07, 6.45) is -0.440. The molecule has 0 saturated carbocycles. The molecule has 0 unspecified atom stereocenters. The third-order valence-corrected chi connectivity index (χ3v) is 28.2. The van der Waals surface area contributed by atoms with Crippen LogP contribution in [-0.2, 0) is 51.8 Å². The van der Waals surface area contributed by atoms with Crippen molar-refractivity contribution < 1.29 is 54.2 Å². The molecule has 2 heterocycles. The Morgan fingerprint density at radius 1 is 0.554 bits per heavy atom. The summed E-state index contributed by atoms with van der Waals surface area (Å²) >= 11 is 0. The minimum absolute atomic E-state index is 0.170. The molecular weight excluding hydrogens is 1020 g/mol. The topological polar surface area (TPSA) is 177 Å². The first-order chi connectivity index (χ1) is 34.7. The maximum atomic E-state index is 13.7. The van der Waals surface area contributed by atoms with Crippen molar-refractivity contribution in [2.75, 3.05) is 55.6 Å². The Kier molecular flexibility index (Phi) is 25.3. The van der Waals surface area contributed by atoms with E-state index in [1.807, 2.05) is 90.1 Å². The molecule has 2 fully saturated rings. The highest BCUT2D eigenvalue weighted by molar-refractivity contribution is 7.87. The van der Waals surface area contributed by atoms with Gasteiger partial charge in [0, 0.05) is 53.4 Å². The van der Waals surface area contributed by atoms with E-state index < -0.39 is 73.4 Å². The van der Waals surface area contributed by atoms with Crippen molar-refractivity contribution in [1.29, 1.82) is 0 Å². The van der Waals surface area contributed by atoms with Crippen LogP contribution in [0.15, 0.2) is 48.5 Å². The molecule has 2 aromatic carbocycles. The molecule has 424 valence electrons. The van der Waals surface area contributed by atoms with Gasteiger partial charge in [0.1, 0.15) is 11.5 Å². The van der Waals surface area contributed by atoms with Gasteiger partial charge >= 0.3 is 12.2 Å². The number of carbonyl (C=O) groups is 2. The molecule has 2 amide bonds. The summed E-state index contributed by atoms with van der Waals surface area (Å²) in [6.45, 7) is 25.0. The van der Waals surface area contributed by atoms with Crippen LogP contribution in [0.5, 0.6) is 11.5 Å². The van der Waals surface area contributed by atoms with E-state index in [0.29, 0.717) is 24.3 Å². The summed E-state index contributed by atoms with van der Waals surface area (Å²) in [5, 5.41) is 0. The Morgan fingerprint density at radius 3 is 1.07 bits per heavy atom. The van der Waals surface area contributed by atoms with Gasteiger partial charge in [0.05, 0.1) is 63.8 Å². The lowest BCUT2D eigenvalue weighted by Gasteiger charge is -2.38. The second-order valence-electron chi connectivity index (χ2n) is 20.6. The smallest absolute Gasteiger partial charge is 0.410 e. The number of benzene rings is 2. The number of amides is 2.